The van der Waals surface area contributed by atoms with Crippen molar-refractivity contribution in [2.24, 2.45) is 0 Å². The van der Waals surface area contributed by atoms with Crippen LogP contribution in [-0.2, 0) is 11.4 Å². The highest BCUT2D eigenvalue weighted by Gasteiger charge is 2.12. The molecule has 0 atom stereocenters. The summed E-state index contributed by atoms with van der Waals surface area (Å²) in [6.07, 6.45) is 1.55. The van der Waals surface area contributed by atoms with Crippen molar-refractivity contribution in [1.29, 1.82) is 5.26 Å². The van der Waals surface area contributed by atoms with Crippen LogP contribution in [0.25, 0.3) is 6.08 Å². The Kier molecular flexibility index (Phi) is 8.10. The molecule has 3 rings (SSSR count). The molecule has 3 aromatic carbocycles. The lowest BCUT2D eigenvalue weighted by Crippen LogP contribution is -2.13. The first kappa shape index (κ1) is 24.6. The van der Waals surface area contributed by atoms with Crippen molar-refractivity contribution in [3.05, 3.63) is 93.6 Å². The largest absolute Gasteiger partial charge is 0.490 e. The fourth-order valence-electron chi connectivity index (χ4n) is 3.65. The minimum absolute atomic E-state index is 0.00424. The van der Waals surface area contributed by atoms with Crippen LogP contribution in [0.1, 0.15) is 40.3 Å². The van der Waals surface area contributed by atoms with Crippen LogP contribution in [0.2, 0.25) is 0 Å². The second-order valence-electron chi connectivity index (χ2n) is 8.35. The zero-order chi connectivity index (χ0) is 24.7. The van der Waals surface area contributed by atoms with E-state index in [1.54, 1.807) is 24.3 Å². The fourth-order valence-corrected chi connectivity index (χ4v) is 3.65. The normalized spacial score (nSPS) is 11.0. The molecule has 0 radical (unpaired) electrons. The molecule has 1 amide bonds. The zero-order valence-electron chi connectivity index (χ0n) is 20.4. The number of benzene rings is 3. The third-order valence-electron chi connectivity index (χ3n) is 5.38. The number of amides is 1. The van der Waals surface area contributed by atoms with Crippen molar-refractivity contribution in [2.75, 3.05) is 11.9 Å². The van der Waals surface area contributed by atoms with Crippen molar-refractivity contribution < 1.29 is 14.3 Å². The number of rotatable bonds is 8. The average Bonchev–Trinajstić information content (AvgIpc) is 2.79. The van der Waals surface area contributed by atoms with E-state index in [9.17, 15) is 10.1 Å². The Bertz CT molecular complexity index is 1250. The summed E-state index contributed by atoms with van der Waals surface area (Å²) in [5, 5.41) is 12.4. The maximum atomic E-state index is 12.7. The molecule has 0 aromatic heterocycles. The van der Waals surface area contributed by atoms with Gasteiger partial charge in [-0.1, -0.05) is 41.5 Å². The molecule has 0 spiro atoms. The minimum atomic E-state index is -0.459. The van der Waals surface area contributed by atoms with Gasteiger partial charge in [0.2, 0.25) is 0 Å². The summed E-state index contributed by atoms with van der Waals surface area (Å²) in [5.74, 6) is 0.711. The molecule has 5 heteroatoms. The molecule has 34 heavy (non-hydrogen) atoms. The molecule has 0 heterocycles. The van der Waals surface area contributed by atoms with Crippen molar-refractivity contribution in [1.82, 2.24) is 0 Å². The van der Waals surface area contributed by atoms with Gasteiger partial charge in [0.15, 0.2) is 11.5 Å². The number of nitriles is 1. The van der Waals surface area contributed by atoms with E-state index in [-0.39, 0.29) is 5.57 Å². The van der Waals surface area contributed by atoms with Gasteiger partial charge in [-0.15, -0.1) is 0 Å². The summed E-state index contributed by atoms with van der Waals surface area (Å²) in [5.41, 5.74) is 6.99. The van der Waals surface area contributed by atoms with Gasteiger partial charge in [0.25, 0.3) is 5.91 Å². The zero-order valence-corrected chi connectivity index (χ0v) is 20.4. The smallest absolute Gasteiger partial charge is 0.266 e. The molecule has 174 valence electrons. The Morgan fingerprint density at radius 1 is 0.912 bits per heavy atom. The maximum Gasteiger partial charge on any atom is 0.266 e. The Morgan fingerprint density at radius 3 is 2.29 bits per heavy atom. The second-order valence-corrected chi connectivity index (χ2v) is 8.35. The predicted molar refractivity (Wildman–Crippen MR) is 136 cm³/mol. The quantitative estimate of drug-likeness (QED) is 0.314. The molecule has 0 saturated carbocycles. The van der Waals surface area contributed by atoms with Crippen LogP contribution in [0.4, 0.5) is 5.69 Å². The van der Waals surface area contributed by atoms with E-state index < -0.39 is 5.91 Å². The molecule has 0 unspecified atom stereocenters. The van der Waals surface area contributed by atoms with E-state index in [0.29, 0.717) is 36.0 Å². The summed E-state index contributed by atoms with van der Waals surface area (Å²) < 4.78 is 11.8. The number of ether oxygens (including phenoxy) is 2. The van der Waals surface area contributed by atoms with E-state index in [0.717, 1.165) is 16.7 Å². The fraction of sp³-hybridized carbons (Fsp3) is 0.241. The van der Waals surface area contributed by atoms with Crippen molar-refractivity contribution in [3.63, 3.8) is 0 Å². The van der Waals surface area contributed by atoms with Crippen LogP contribution in [0.15, 0.2) is 60.2 Å². The number of anilines is 1. The number of nitrogens with one attached hydrogen (secondary N) is 1. The van der Waals surface area contributed by atoms with E-state index in [4.69, 9.17) is 9.47 Å². The molecule has 1 N–H and O–H groups in total. The average molecular weight is 455 g/mol. The van der Waals surface area contributed by atoms with E-state index in [1.165, 1.54) is 11.1 Å². The van der Waals surface area contributed by atoms with Gasteiger partial charge in [-0.2, -0.15) is 5.26 Å². The van der Waals surface area contributed by atoms with Gasteiger partial charge in [0.1, 0.15) is 18.2 Å². The molecule has 0 bridgehead atoms. The van der Waals surface area contributed by atoms with Crippen LogP contribution < -0.4 is 14.8 Å². The van der Waals surface area contributed by atoms with Crippen LogP contribution >= 0.6 is 0 Å². The number of carbonyl (C=O) groups excluding carboxylic acids is 1. The second kappa shape index (κ2) is 11.2. The highest BCUT2D eigenvalue weighted by molar-refractivity contribution is 6.09. The summed E-state index contributed by atoms with van der Waals surface area (Å²) in [6.45, 7) is 10.9. The minimum Gasteiger partial charge on any atom is -0.490 e. The van der Waals surface area contributed by atoms with E-state index in [1.807, 2.05) is 45.0 Å². The first-order valence-corrected chi connectivity index (χ1v) is 11.3. The van der Waals surface area contributed by atoms with Gasteiger partial charge < -0.3 is 14.8 Å². The third kappa shape index (κ3) is 6.49. The lowest BCUT2D eigenvalue weighted by atomic mass is 10.1. The Hall–Kier alpha value is -4.04. The van der Waals surface area contributed by atoms with Crippen molar-refractivity contribution in [2.45, 2.75) is 41.2 Å². The molecule has 5 nitrogen and oxygen atoms in total. The molecular formula is C29H30N2O3. The van der Waals surface area contributed by atoms with Gasteiger partial charge in [-0.3, -0.25) is 4.79 Å². The molecule has 3 aromatic rings. The lowest BCUT2D eigenvalue weighted by Gasteiger charge is -2.13. The third-order valence-corrected chi connectivity index (χ3v) is 5.38. The van der Waals surface area contributed by atoms with Gasteiger partial charge in [-0.05, 0) is 87.2 Å². The van der Waals surface area contributed by atoms with Crippen molar-refractivity contribution >= 4 is 17.7 Å². The van der Waals surface area contributed by atoms with Crippen LogP contribution in [0.3, 0.4) is 0 Å². The summed E-state index contributed by atoms with van der Waals surface area (Å²) in [7, 11) is 0. The van der Waals surface area contributed by atoms with E-state index in [2.05, 4.69) is 37.4 Å². The van der Waals surface area contributed by atoms with Gasteiger partial charge in [0, 0.05) is 5.69 Å². The SMILES string of the molecule is CCOc1cc(/C=C(\C#N)C(=O)Nc2ccc(C)c(C)c2)ccc1OCc1cc(C)cc(C)c1. The van der Waals surface area contributed by atoms with Crippen LogP contribution in [0, 0.1) is 39.0 Å². The molecule has 0 aliphatic heterocycles. The Morgan fingerprint density at radius 2 is 1.65 bits per heavy atom. The number of nitrogens with zero attached hydrogens (tertiary/aromatic N) is 1. The summed E-state index contributed by atoms with van der Waals surface area (Å²) in [4.78, 5) is 12.7. The number of hydrogen-bond acceptors (Lipinski definition) is 4. The van der Waals surface area contributed by atoms with Crippen molar-refractivity contribution in [3.8, 4) is 17.6 Å². The van der Waals surface area contributed by atoms with Crippen LogP contribution in [-0.4, -0.2) is 12.5 Å². The topological polar surface area (TPSA) is 71.3 Å². The number of carbonyl (C=O) groups is 1. The van der Waals surface area contributed by atoms with Crippen LogP contribution in [0.5, 0.6) is 11.5 Å². The number of hydrogen-bond donors (Lipinski definition) is 1. The summed E-state index contributed by atoms with van der Waals surface area (Å²) >= 11 is 0. The predicted octanol–water partition coefficient (Wildman–Crippen LogP) is 6.44. The highest BCUT2D eigenvalue weighted by Crippen LogP contribution is 2.30. The van der Waals surface area contributed by atoms with E-state index >= 15 is 0 Å². The molecule has 0 saturated heterocycles. The molecule has 0 fully saturated rings. The highest BCUT2D eigenvalue weighted by atomic mass is 16.5. The summed E-state index contributed by atoms with van der Waals surface area (Å²) in [6, 6.07) is 19.3. The standard InChI is InChI=1S/C29H30N2O3/c1-6-33-28-16-23(8-10-27(28)34-18-24-12-19(2)11-20(3)13-24)15-25(17-30)29(32)31-26-9-7-21(4)22(5)14-26/h7-16H,6,18H2,1-5H3,(H,31,32)/b25-15+. The first-order valence-electron chi connectivity index (χ1n) is 11.3. The maximum absolute atomic E-state index is 12.7. The Balaban J connectivity index is 1.79. The van der Waals surface area contributed by atoms with Gasteiger partial charge >= 0.3 is 0 Å². The lowest BCUT2D eigenvalue weighted by molar-refractivity contribution is -0.112. The Labute approximate surface area is 201 Å². The van der Waals surface area contributed by atoms with Gasteiger partial charge in [-0.25, -0.2) is 0 Å². The number of aryl methyl sites for hydroxylation is 4. The molecule has 0 aliphatic rings. The monoisotopic (exact) mass is 454 g/mol. The van der Waals surface area contributed by atoms with Gasteiger partial charge in [0.05, 0.1) is 6.61 Å². The first-order chi connectivity index (χ1) is 16.3. The molecule has 0 aliphatic carbocycles. The molecular weight excluding hydrogens is 424 g/mol.